The summed E-state index contributed by atoms with van der Waals surface area (Å²) in [6.07, 6.45) is 0. The van der Waals surface area contributed by atoms with Crippen molar-refractivity contribution in [2.45, 2.75) is 0 Å². The molecule has 0 atom stereocenters. The zero-order valence-electron chi connectivity index (χ0n) is 29.6. The lowest BCUT2D eigenvalue weighted by atomic mass is 10.0. The molecular formula is C50H26N4O2. The smallest absolute Gasteiger partial charge is 0.145 e. The lowest BCUT2D eigenvalue weighted by Gasteiger charge is -2.13. The lowest BCUT2D eigenvalue weighted by Crippen LogP contribution is -1.97. The van der Waals surface area contributed by atoms with Gasteiger partial charge in [0.2, 0.25) is 0 Å². The van der Waals surface area contributed by atoms with Gasteiger partial charge in [-0.3, -0.25) is 0 Å². The van der Waals surface area contributed by atoms with Gasteiger partial charge in [-0.1, -0.05) is 66.7 Å². The molecule has 12 rings (SSSR count). The number of para-hydroxylation sites is 3. The van der Waals surface area contributed by atoms with Gasteiger partial charge in [-0.25, -0.2) is 0 Å². The molecule has 0 radical (unpaired) electrons. The maximum Gasteiger partial charge on any atom is 0.145 e. The third-order valence-corrected chi connectivity index (χ3v) is 11.3. The number of nitriles is 2. The molecule has 0 fully saturated rings. The molecule has 0 unspecified atom stereocenters. The van der Waals surface area contributed by atoms with Crippen molar-refractivity contribution in [3.63, 3.8) is 0 Å². The highest BCUT2D eigenvalue weighted by Crippen LogP contribution is 2.43. The van der Waals surface area contributed by atoms with Crippen molar-refractivity contribution in [1.29, 1.82) is 10.5 Å². The lowest BCUT2D eigenvalue weighted by molar-refractivity contribution is 0.669. The van der Waals surface area contributed by atoms with E-state index in [0.29, 0.717) is 11.1 Å². The SMILES string of the molecule is N#Cc1cc(-c2ccc(-n3c4ccccc4c4c5oc6ccccc6c5ccc43)cc2)cc(-n2c3ccc(C#N)cc3c3ccc4oc5ccccc5c4c32)c1. The maximum absolute atomic E-state index is 10.4. The average Bonchev–Trinajstić information content (AvgIpc) is 4.00. The first-order valence-electron chi connectivity index (χ1n) is 18.5. The molecule has 4 aromatic heterocycles. The zero-order chi connectivity index (χ0) is 37.1. The Morgan fingerprint density at radius 2 is 1.09 bits per heavy atom. The van der Waals surface area contributed by atoms with Gasteiger partial charge in [0, 0.05) is 43.7 Å². The first kappa shape index (κ1) is 30.4. The second-order valence-corrected chi connectivity index (χ2v) is 14.3. The minimum atomic E-state index is 0.548. The molecular weight excluding hydrogens is 689 g/mol. The molecule has 12 aromatic rings. The van der Waals surface area contributed by atoms with Crippen LogP contribution in [-0.2, 0) is 0 Å². The Hall–Kier alpha value is -8.06. The summed E-state index contributed by atoms with van der Waals surface area (Å²) < 4.78 is 17.4. The molecule has 4 heterocycles. The number of hydrogen-bond acceptors (Lipinski definition) is 4. The molecule has 56 heavy (non-hydrogen) atoms. The number of benzene rings is 8. The van der Waals surface area contributed by atoms with Crippen molar-refractivity contribution >= 4 is 87.5 Å². The molecule has 0 aliphatic carbocycles. The van der Waals surface area contributed by atoms with Gasteiger partial charge in [0.05, 0.1) is 56.1 Å². The number of fused-ring (bicyclic) bond motifs is 14. The molecule has 0 N–H and O–H groups in total. The summed E-state index contributed by atoms with van der Waals surface area (Å²) in [5.74, 6) is 0. The molecule has 258 valence electrons. The van der Waals surface area contributed by atoms with E-state index in [2.05, 4.69) is 112 Å². The van der Waals surface area contributed by atoms with Gasteiger partial charge in [-0.05, 0) is 102 Å². The van der Waals surface area contributed by atoms with Crippen LogP contribution in [0, 0.1) is 22.7 Å². The number of rotatable bonds is 3. The number of nitrogens with zero attached hydrogens (tertiary/aromatic N) is 4. The summed E-state index contributed by atoms with van der Waals surface area (Å²) >= 11 is 0. The average molecular weight is 715 g/mol. The molecule has 6 nitrogen and oxygen atoms in total. The highest BCUT2D eigenvalue weighted by Gasteiger charge is 2.21. The molecule has 0 bridgehead atoms. The summed E-state index contributed by atoms with van der Waals surface area (Å²) in [6, 6.07) is 58.3. The molecule has 0 saturated carbocycles. The van der Waals surface area contributed by atoms with Crippen LogP contribution in [0.25, 0.3) is 110 Å². The Bertz CT molecular complexity index is 3730. The quantitative estimate of drug-likeness (QED) is 0.182. The minimum absolute atomic E-state index is 0.548. The van der Waals surface area contributed by atoms with E-state index < -0.39 is 0 Å². The van der Waals surface area contributed by atoms with E-state index in [1.807, 2.05) is 66.7 Å². The highest BCUT2D eigenvalue weighted by molar-refractivity contribution is 6.25. The minimum Gasteiger partial charge on any atom is -0.456 e. The second kappa shape index (κ2) is 11.2. The van der Waals surface area contributed by atoms with E-state index in [1.165, 1.54) is 0 Å². The van der Waals surface area contributed by atoms with Gasteiger partial charge < -0.3 is 18.0 Å². The van der Waals surface area contributed by atoms with Crippen LogP contribution >= 0.6 is 0 Å². The summed E-state index contributed by atoms with van der Waals surface area (Å²) in [6.45, 7) is 0. The van der Waals surface area contributed by atoms with E-state index in [-0.39, 0.29) is 0 Å². The van der Waals surface area contributed by atoms with Gasteiger partial charge in [-0.15, -0.1) is 0 Å². The van der Waals surface area contributed by atoms with Gasteiger partial charge in [0.15, 0.2) is 0 Å². The van der Waals surface area contributed by atoms with E-state index in [1.54, 1.807) is 0 Å². The Morgan fingerprint density at radius 3 is 1.91 bits per heavy atom. The van der Waals surface area contributed by atoms with Crippen LogP contribution in [0.1, 0.15) is 11.1 Å². The van der Waals surface area contributed by atoms with Crippen LogP contribution in [0.4, 0.5) is 0 Å². The van der Waals surface area contributed by atoms with Crippen molar-refractivity contribution in [3.05, 3.63) is 169 Å². The third kappa shape index (κ3) is 4.13. The van der Waals surface area contributed by atoms with Crippen molar-refractivity contribution in [1.82, 2.24) is 9.13 Å². The maximum atomic E-state index is 10.4. The predicted molar refractivity (Wildman–Crippen MR) is 225 cm³/mol. The summed E-state index contributed by atoms with van der Waals surface area (Å²) in [5, 5.41) is 28.6. The fourth-order valence-electron chi connectivity index (χ4n) is 8.94. The van der Waals surface area contributed by atoms with Crippen LogP contribution in [0.3, 0.4) is 0 Å². The Balaban J connectivity index is 1.06. The summed E-state index contributed by atoms with van der Waals surface area (Å²) in [4.78, 5) is 0. The third-order valence-electron chi connectivity index (χ3n) is 11.3. The molecule has 6 heteroatoms. The highest BCUT2D eigenvalue weighted by atomic mass is 16.3. The molecule has 0 saturated heterocycles. The van der Waals surface area contributed by atoms with Crippen LogP contribution in [0.5, 0.6) is 0 Å². The van der Waals surface area contributed by atoms with Crippen LogP contribution < -0.4 is 0 Å². The standard InChI is InChI=1S/C50H26N4O2/c51-27-29-13-20-42-40(25-29)36-19-22-46-48(39-9-3-6-12-45(39)55-46)49(36)54(42)34-24-30(28-52)23-32(26-34)31-14-16-33(17-15-31)53-41-10-4-1-8-38(41)47-43(53)21-18-37-35-7-2-5-11-44(35)56-50(37)47/h1-26H. The van der Waals surface area contributed by atoms with Gasteiger partial charge in [0.1, 0.15) is 22.3 Å². The van der Waals surface area contributed by atoms with Gasteiger partial charge in [-0.2, -0.15) is 10.5 Å². The Morgan fingerprint density at radius 1 is 0.393 bits per heavy atom. The van der Waals surface area contributed by atoms with Gasteiger partial charge in [0.25, 0.3) is 0 Å². The second-order valence-electron chi connectivity index (χ2n) is 14.3. The van der Waals surface area contributed by atoms with Crippen molar-refractivity contribution in [2.24, 2.45) is 0 Å². The fraction of sp³-hybridized carbons (Fsp3) is 0. The van der Waals surface area contributed by atoms with E-state index >= 15 is 0 Å². The monoisotopic (exact) mass is 714 g/mol. The number of aromatic nitrogens is 2. The fourth-order valence-corrected chi connectivity index (χ4v) is 8.94. The van der Waals surface area contributed by atoms with Crippen molar-refractivity contribution in [2.75, 3.05) is 0 Å². The molecule has 0 amide bonds. The van der Waals surface area contributed by atoms with Crippen LogP contribution in [0.15, 0.2) is 167 Å². The van der Waals surface area contributed by atoms with Crippen LogP contribution in [-0.4, -0.2) is 9.13 Å². The zero-order valence-corrected chi connectivity index (χ0v) is 29.6. The van der Waals surface area contributed by atoms with E-state index in [4.69, 9.17) is 8.83 Å². The normalized spacial score (nSPS) is 11.9. The largest absolute Gasteiger partial charge is 0.456 e. The molecule has 0 aliphatic rings. The first-order chi connectivity index (χ1) is 27.7. The predicted octanol–water partition coefficient (Wildman–Crippen LogP) is 13.1. The van der Waals surface area contributed by atoms with E-state index in [9.17, 15) is 10.5 Å². The van der Waals surface area contributed by atoms with E-state index in [0.717, 1.165) is 110 Å². The van der Waals surface area contributed by atoms with Crippen LogP contribution in [0.2, 0.25) is 0 Å². The Kier molecular flexibility index (Phi) is 6.10. The van der Waals surface area contributed by atoms with Crippen molar-refractivity contribution < 1.29 is 8.83 Å². The van der Waals surface area contributed by atoms with Crippen molar-refractivity contribution in [3.8, 4) is 34.6 Å². The molecule has 8 aromatic carbocycles. The summed E-state index contributed by atoms with van der Waals surface area (Å²) in [5.41, 5.74) is 12.4. The first-order valence-corrected chi connectivity index (χ1v) is 18.5. The number of hydrogen-bond donors (Lipinski definition) is 0. The molecule has 0 spiro atoms. The number of furan rings is 2. The topological polar surface area (TPSA) is 83.7 Å². The Labute approximate surface area is 318 Å². The van der Waals surface area contributed by atoms with Gasteiger partial charge >= 0.3 is 0 Å². The summed E-state index contributed by atoms with van der Waals surface area (Å²) in [7, 11) is 0. The molecule has 0 aliphatic heterocycles.